The van der Waals surface area contributed by atoms with Gasteiger partial charge in [-0.25, -0.2) is 0 Å². The van der Waals surface area contributed by atoms with Crippen LogP contribution in [-0.2, 0) is 10.2 Å². The molecule has 0 N–H and O–H groups in total. The molecule has 1 unspecified atom stereocenters. The lowest BCUT2D eigenvalue weighted by Gasteiger charge is -2.34. The van der Waals surface area contributed by atoms with Gasteiger partial charge in [-0.05, 0) is 34.8 Å². The first-order valence-electron chi connectivity index (χ1n) is 7.67. The summed E-state index contributed by atoms with van der Waals surface area (Å²) in [6.45, 7) is 12.3. The Bertz CT molecular complexity index is 460. The van der Waals surface area contributed by atoms with Crippen LogP contribution < -0.4 is 0 Å². The zero-order valence-electron chi connectivity index (χ0n) is 13.6. The van der Waals surface area contributed by atoms with Gasteiger partial charge in [0, 0.05) is 6.61 Å². The second-order valence-electron chi connectivity index (χ2n) is 7.76. The predicted molar refractivity (Wildman–Crippen MR) is 86.9 cm³/mol. The van der Waals surface area contributed by atoms with Crippen LogP contribution in [-0.4, -0.2) is 12.7 Å². The lowest BCUT2D eigenvalue weighted by Crippen LogP contribution is -2.29. The predicted octanol–water partition coefficient (Wildman–Crippen LogP) is 5.20. The number of hydrogen-bond donors (Lipinski definition) is 0. The van der Waals surface area contributed by atoms with E-state index in [1.807, 2.05) is 0 Å². The van der Waals surface area contributed by atoms with E-state index in [9.17, 15) is 0 Å². The number of ether oxygens (including phenoxy) is 1. The third-order valence-electron chi connectivity index (χ3n) is 4.14. The van der Waals surface area contributed by atoms with Gasteiger partial charge in [0.1, 0.15) is 0 Å². The molecule has 0 radical (unpaired) electrons. The van der Waals surface area contributed by atoms with Crippen molar-refractivity contribution >= 4 is 6.08 Å². The fraction of sp³-hybridized carbons (Fsp3) is 0.579. The van der Waals surface area contributed by atoms with E-state index in [1.54, 1.807) is 0 Å². The molecule has 1 aromatic carbocycles. The maximum absolute atomic E-state index is 5.83. The highest BCUT2D eigenvalue weighted by atomic mass is 16.5. The van der Waals surface area contributed by atoms with Crippen LogP contribution in [0.1, 0.15) is 58.6 Å². The molecule has 0 spiro atoms. The van der Waals surface area contributed by atoms with E-state index in [2.05, 4.69) is 71.0 Å². The zero-order chi connectivity index (χ0) is 14.8. The molecule has 1 heteroatoms. The minimum atomic E-state index is 0.221. The van der Waals surface area contributed by atoms with E-state index in [-0.39, 0.29) is 11.5 Å². The van der Waals surface area contributed by atoms with Crippen molar-refractivity contribution < 1.29 is 4.74 Å². The molecule has 0 bridgehead atoms. The normalized spacial score (nSPS) is 23.1. The van der Waals surface area contributed by atoms with Gasteiger partial charge in [0.25, 0.3) is 0 Å². The molecule has 1 atom stereocenters. The van der Waals surface area contributed by atoms with Crippen molar-refractivity contribution in [3.8, 4) is 0 Å². The maximum atomic E-state index is 5.83. The summed E-state index contributed by atoms with van der Waals surface area (Å²) in [6, 6.07) is 8.85. The van der Waals surface area contributed by atoms with E-state index in [0.717, 1.165) is 19.4 Å². The average Bonchev–Trinajstić information content (AvgIpc) is 2.35. The van der Waals surface area contributed by atoms with Crippen LogP contribution in [0.3, 0.4) is 0 Å². The van der Waals surface area contributed by atoms with Crippen LogP contribution in [0.2, 0.25) is 0 Å². The van der Waals surface area contributed by atoms with Crippen molar-refractivity contribution in [3.63, 3.8) is 0 Å². The largest absolute Gasteiger partial charge is 0.374 e. The topological polar surface area (TPSA) is 9.23 Å². The highest BCUT2D eigenvalue weighted by Gasteiger charge is 2.26. The smallest absolute Gasteiger partial charge is 0.0764 e. The Kier molecular flexibility index (Phi) is 4.39. The Morgan fingerprint density at radius 3 is 2.35 bits per heavy atom. The lowest BCUT2D eigenvalue weighted by molar-refractivity contribution is -0.00951. The summed E-state index contributed by atoms with van der Waals surface area (Å²) >= 11 is 0. The van der Waals surface area contributed by atoms with Crippen LogP contribution in [0.25, 0.3) is 6.08 Å². The highest BCUT2D eigenvalue weighted by Crippen LogP contribution is 2.32. The molecule has 0 aliphatic carbocycles. The maximum Gasteiger partial charge on any atom is 0.0764 e. The Morgan fingerprint density at radius 1 is 1.15 bits per heavy atom. The third-order valence-corrected chi connectivity index (χ3v) is 4.14. The van der Waals surface area contributed by atoms with E-state index < -0.39 is 0 Å². The molecule has 1 aliphatic rings. The van der Waals surface area contributed by atoms with Gasteiger partial charge in [-0.15, -0.1) is 0 Å². The first-order chi connectivity index (χ1) is 9.26. The summed E-state index contributed by atoms with van der Waals surface area (Å²) in [6.07, 6.45) is 6.95. The molecule has 1 saturated heterocycles. The van der Waals surface area contributed by atoms with Crippen molar-refractivity contribution in [2.45, 2.75) is 59.0 Å². The van der Waals surface area contributed by atoms with E-state index in [4.69, 9.17) is 4.74 Å². The minimum Gasteiger partial charge on any atom is -0.374 e. The second-order valence-corrected chi connectivity index (χ2v) is 7.76. The first kappa shape index (κ1) is 15.3. The lowest BCUT2D eigenvalue weighted by atomic mass is 9.81. The second kappa shape index (κ2) is 5.73. The fourth-order valence-corrected chi connectivity index (χ4v) is 2.63. The summed E-state index contributed by atoms with van der Waals surface area (Å²) in [5, 5.41) is 0. The Hall–Kier alpha value is -1.08. The average molecular weight is 272 g/mol. The molecule has 1 fully saturated rings. The van der Waals surface area contributed by atoms with Crippen molar-refractivity contribution in [3.05, 3.63) is 41.5 Å². The van der Waals surface area contributed by atoms with Crippen LogP contribution >= 0.6 is 0 Å². The molecular formula is C19H28O. The molecule has 1 aliphatic heterocycles. The van der Waals surface area contributed by atoms with Gasteiger partial charge in [0.05, 0.1) is 6.10 Å². The van der Waals surface area contributed by atoms with Crippen molar-refractivity contribution in [1.82, 2.24) is 0 Å². The highest BCUT2D eigenvalue weighted by molar-refractivity contribution is 5.50. The Labute approximate surface area is 124 Å². The van der Waals surface area contributed by atoms with Gasteiger partial charge < -0.3 is 4.74 Å². The van der Waals surface area contributed by atoms with Crippen molar-refractivity contribution in [2.24, 2.45) is 5.41 Å². The van der Waals surface area contributed by atoms with Gasteiger partial charge in [-0.1, -0.05) is 71.0 Å². The molecule has 110 valence electrons. The quantitative estimate of drug-likeness (QED) is 0.718. The van der Waals surface area contributed by atoms with E-state index >= 15 is 0 Å². The molecule has 0 aromatic heterocycles. The third kappa shape index (κ3) is 4.21. The Balaban J connectivity index is 2.01. The number of hydrogen-bond acceptors (Lipinski definition) is 1. The molecule has 1 heterocycles. The molecule has 0 amide bonds. The minimum absolute atomic E-state index is 0.221. The fourth-order valence-electron chi connectivity index (χ4n) is 2.63. The molecule has 2 rings (SSSR count). The SMILES string of the molecule is CC1(C)CCOC(/C=C/c2ccc(C(C)(C)C)cc2)C1. The summed E-state index contributed by atoms with van der Waals surface area (Å²) < 4.78 is 5.83. The Morgan fingerprint density at radius 2 is 1.80 bits per heavy atom. The molecule has 1 aromatic rings. The van der Waals surface area contributed by atoms with Gasteiger partial charge in [0.15, 0.2) is 0 Å². The number of benzene rings is 1. The van der Waals surface area contributed by atoms with Crippen LogP contribution in [0.15, 0.2) is 30.3 Å². The molecule has 0 saturated carbocycles. The summed E-state index contributed by atoms with van der Waals surface area (Å²) in [5.41, 5.74) is 3.26. The number of rotatable bonds is 2. The summed E-state index contributed by atoms with van der Waals surface area (Å²) in [4.78, 5) is 0. The van der Waals surface area contributed by atoms with Crippen molar-refractivity contribution in [2.75, 3.05) is 6.61 Å². The summed E-state index contributed by atoms with van der Waals surface area (Å²) in [5.74, 6) is 0. The van der Waals surface area contributed by atoms with E-state index in [1.165, 1.54) is 11.1 Å². The van der Waals surface area contributed by atoms with E-state index in [0.29, 0.717) is 5.41 Å². The standard InChI is InChI=1S/C19H28O/c1-18(2,3)16-9-6-15(7-10-16)8-11-17-14-19(4,5)12-13-20-17/h6-11,17H,12-14H2,1-5H3/b11-8+. The molecule has 20 heavy (non-hydrogen) atoms. The van der Waals surface area contributed by atoms with Crippen molar-refractivity contribution in [1.29, 1.82) is 0 Å². The van der Waals surface area contributed by atoms with Gasteiger partial charge in [-0.2, -0.15) is 0 Å². The molecule has 1 nitrogen and oxygen atoms in total. The zero-order valence-corrected chi connectivity index (χ0v) is 13.6. The van der Waals surface area contributed by atoms with Gasteiger partial charge >= 0.3 is 0 Å². The van der Waals surface area contributed by atoms with Crippen LogP contribution in [0.4, 0.5) is 0 Å². The van der Waals surface area contributed by atoms with Gasteiger partial charge in [0.2, 0.25) is 0 Å². The molecular weight excluding hydrogens is 244 g/mol. The van der Waals surface area contributed by atoms with Gasteiger partial charge in [-0.3, -0.25) is 0 Å². The van der Waals surface area contributed by atoms with Crippen LogP contribution in [0.5, 0.6) is 0 Å². The monoisotopic (exact) mass is 272 g/mol. The van der Waals surface area contributed by atoms with Crippen LogP contribution in [0, 0.1) is 5.41 Å². The first-order valence-corrected chi connectivity index (χ1v) is 7.67. The summed E-state index contributed by atoms with van der Waals surface area (Å²) in [7, 11) is 0.